The Bertz CT molecular complexity index is 936. The van der Waals surface area contributed by atoms with Crippen molar-refractivity contribution in [1.82, 2.24) is 25.4 Å². The minimum absolute atomic E-state index is 0.0298. The molecule has 7 nitrogen and oxygen atoms in total. The van der Waals surface area contributed by atoms with Crippen molar-refractivity contribution < 1.29 is 9.59 Å². The van der Waals surface area contributed by atoms with Crippen molar-refractivity contribution in [2.45, 2.75) is 50.2 Å². The average Bonchev–Trinajstić information content (AvgIpc) is 3.09. The van der Waals surface area contributed by atoms with Crippen molar-refractivity contribution in [3.05, 3.63) is 39.6 Å². The van der Waals surface area contributed by atoms with Crippen molar-refractivity contribution in [1.29, 1.82) is 0 Å². The highest BCUT2D eigenvalue weighted by Crippen LogP contribution is 2.24. The molecule has 31 heavy (non-hydrogen) atoms. The number of rotatable bonds is 8. The highest BCUT2D eigenvalue weighted by atomic mass is 35.5. The van der Waals surface area contributed by atoms with Crippen LogP contribution in [-0.4, -0.2) is 44.9 Å². The third kappa shape index (κ3) is 6.60. The van der Waals surface area contributed by atoms with Gasteiger partial charge in [0.2, 0.25) is 5.91 Å². The molecule has 1 aromatic carbocycles. The molecular formula is C21H27Cl2N5O2S. The maximum atomic E-state index is 12.3. The van der Waals surface area contributed by atoms with E-state index in [1.165, 1.54) is 37.1 Å². The predicted octanol–water partition coefficient (Wildman–Crippen LogP) is 3.88. The van der Waals surface area contributed by atoms with E-state index in [-0.39, 0.29) is 17.9 Å². The second-order valence-corrected chi connectivity index (χ2v) is 9.57. The summed E-state index contributed by atoms with van der Waals surface area (Å²) in [6.45, 7) is 2.60. The van der Waals surface area contributed by atoms with Crippen LogP contribution in [0.4, 0.5) is 0 Å². The Kier molecular flexibility index (Phi) is 8.63. The van der Waals surface area contributed by atoms with Gasteiger partial charge in [-0.25, -0.2) is 0 Å². The Hall–Kier alpha value is -1.77. The van der Waals surface area contributed by atoms with E-state index in [9.17, 15) is 9.59 Å². The van der Waals surface area contributed by atoms with Crippen molar-refractivity contribution in [2.75, 3.05) is 12.3 Å². The van der Waals surface area contributed by atoms with Gasteiger partial charge in [-0.2, -0.15) is 0 Å². The zero-order valence-corrected chi connectivity index (χ0v) is 20.0. The summed E-state index contributed by atoms with van der Waals surface area (Å²) in [5, 5.41) is 15.8. The Morgan fingerprint density at radius 1 is 1.19 bits per heavy atom. The molecule has 10 heteroatoms. The fraction of sp³-hybridized carbons (Fsp3) is 0.524. The molecule has 2 N–H and O–H groups in total. The van der Waals surface area contributed by atoms with Crippen LogP contribution in [0.5, 0.6) is 0 Å². The first-order chi connectivity index (χ1) is 14.8. The van der Waals surface area contributed by atoms with Gasteiger partial charge in [-0.1, -0.05) is 54.7 Å². The van der Waals surface area contributed by atoms with Gasteiger partial charge in [0.05, 0.1) is 15.8 Å². The highest BCUT2D eigenvalue weighted by Gasteiger charge is 2.23. The standard InChI is InChI=1S/C21H27Cl2N5O2S/c1-13-5-3-4-6-17(13)25-19(29)12-31-21-27-26-18(28(21)2)9-10-24-20(30)14-7-8-15(22)16(23)11-14/h7-8,11,13,17H,3-6,9-10,12H2,1-2H3,(H,24,30)(H,25,29)/t13-,17-/m1/s1. The van der Waals surface area contributed by atoms with Crippen molar-refractivity contribution in [2.24, 2.45) is 13.0 Å². The van der Waals surface area contributed by atoms with Gasteiger partial charge in [0, 0.05) is 31.6 Å². The average molecular weight is 484 g/mol. The van der Waals surface area contributed by atoms with Crippen LogP contribution in [-0.2, 0) is 18.3 Å². The van der Waals surface area contributed by atoms with Gasteiger partial charge in [-0.15, -0.1) is 10.2 Å². The lowest BCUT2D eigenvalue weighted by Crippen LogP contribution is -2.41. The summed E-state index contributed by atoms with van der Waals surface area (Å²) in [4.78, 5) is 24.6. The number of carbonyl (C=O) groups excluding carboxylic acids is 2. The zero-order valence-electron chi connectivity index (χ0n) is 17.7. The molecule has 0 radical (unpaired) electrons. The molecule has 2 amide bonds. The van der Waals surface area contributed by atoms with Gasteiger partial charge in [0.25, 0.3) is 5.91 Å². The van der Waals surface area contributed by atoms with Gasteiger partial charge in [0.15, 0.2) is 5.16 Å². The van der Waals surface area contributed by atoms with Crippen LogP contribution in [0.2, 0.25) is 10.0 Å². The van der Waals surface area contributed by atoms with Gasteiger partial charge in [-0.3, -0.25) is 9.59 Å². The summed E-state index contributed by atoms with van der Waals surface area (Å²) >= 11 is 13.2. The number of thioether (sulfide) groups is 1. The number of hydrogen-bond acceptors (Lipinski definition) is 5. The van der Waals surface area contributed by atoms with E-state index in [0.717, 1.165) is 12.2 Å². The molecule has 1 aliphatic carbocycles. The first-order valence-electron chi connectivity index (χ1n) is 10.4. The molecule has 0 saturated heterocycles. The van der Waals surface area contributed by atoms with Crippen LogP contribution >= 0.6 is 35.0 Å². The molecule has 1 aromatic heterocycles. The molecule has 2 aromatic rings. The molecule has 2 atom stereocenters. The van der Waals surface area contributed by atoms with E-state index in [2.05, 4.69) is 27.8 Å². The number of aromatic nitrogens is 3. The number of nitrogens with one attached hydrogen (secondary N) is 2. The van der Waals surface area contributed by atoms with Crippen LogP contribution < -0.4 is 10.6 Å². The van der Waals surface area contributed by atoms with E-state index in [4.69, 9.17) is 23.2 Å². The number of benzene rings is 1. The monoisotopic (exact) mass is 483 g/mol. The van der Waals surface area contributed by atoms with Gasteiger partial charge >= 0.3 is 0 Å². The van der Waals surface area contributed by atoms with Crippen LogP contribution in [0.25, 0.3) is 0 Å². The molecule has 0 aliphatic heterocycles. The molecule has 3 rings (SSSR count). The fourth-order valence-electron chi connectivity index (χ4n) is 3.62. The first kappa shape index (κ1) is 23.9. The van der Waals surface area contributed by atoms with E-state index >= 15 is 0 Å². The van der Waals surface area contributed by atoms with Gasteiger partial charge in [-0.05, 0) is 37.0 Å². The predicted molar refractivity (Wildman–Crippen MR) is 124 cm³/mol. The van der Waals surface area contributed by atoms with Crippen LogP contribution in [0, 0.1) is 5.92 Å². The maximum absolute atomic E-state index is 12.3. The van der Waals surface area contributed by atoms with Crippen LogP contribution in [0.1, 0.15) is 48.8 Å². The number of nitrogens with zero attached hydrogens (tertiary/aromatic N) is 3. The quantitative estimate of drug-likeness (QED) is 0.556. The minimum Gasteiger partial charge on any atom is -0.352 e. The lowest BCUT2D eigenvalue weighted by molar-refractivity contribution is -0.119. The van der Waals surface area contributed by atoms with Crippen LogP contribution in [0.3, 0.4) is 0 Å². The Labute approximate surface area is 196 Å². The number of amides is 2. The summed E-state index contributed by atoms with van der Waals surface area (Å²) in [7, 11) is 1.86. The van der Waals surface area contributed by atoms with Gasteiger partial charge < -0.3 is 15.2 Å². The maximum Gasteiger partial charge on any atom is 0.251 e. The lowest BCUT2D eigenvalue weighted by Gasteiger charge is -2.29. The lowest BCUT2D eigenvalue weighted by atomic mass is 9.86. The Morgan fingerprint density at radius 2 is 1.97 bits per heavy atom. The van der Waals surface area contributed by atoms with Crippen LogP contribution in [0.15, 0.2) is 23.4 Å². The topological polar surface area (TPSA) is 88.9 Å². The number of hydrogen-bond donors (Lipinski definition) is 2. The van der Waals surface area contributed by atoms with E-state index in [0.29, 0.717) is 45.4 Å². The molecular weight excluding hydrogens is 457 g/mol. The summed E-state index contributed by atoms with van der Waals surface area (Å²) in [6.07, 6.45) is 5.17. The third-order valence-electron chi connectivity index (χ3n) is 5.53. The third-order valence-corrected chi connectivity index (χ3v) is 7.29. The summed E-state index contributed by atoms with van der Waals surface area (Å²) in [5.41, 5.74) is 0.446. The fourth-order valence-corrected chi connectivity index (χ4v) is 4.66. The molecule has 0 bridgehead atoms. The van der Waals surface area contributed by atoms with E-state index < -0.39 is 0 Å². The van der Waals surface area contributed by atoms with Gasteiger partial charge in [0.1, 0.15) is 5.82 Å². The minimum atomic E-state index is -0.232. The number of halogens is 2. The largest absolute Gasteiger partial charge is 0.352 e. The molecule has 1 heterocycles. The highest BCUT2D eigenvalue weighted by molar-refractivity contribution is 7.99. The van der Waals surface area contributed by atoms with E-state index in [1.54, 1.807) is 12.1 Å². The molecule has 1 fully saturated rings. The summed E-state index contributed by atoms with van der Waals surface area (Å²) in [5.74, 6) is 1.37. The van der Waals surface area contributed by atoms with Crippen molar-refractivity contribution in [3.63, 3.8) is 0 Å². The summed E-state index contributed by atoms with van der Waals surface area (Å²) < 4.78 is 1.85. The second-order valence-electron chi connectivity index (χ2n) is 7.82. The molecule has 1 aliphatic rings. The molecule has 168 valence electrons. The summed E-state index contributed by atoms with van der Waals surface area (Å²) in [6, 6.07) is 5.03. The molecule has 0 spiro atoms. The smallest absolute Gasteiger partial charge is 0.251 e. The van der Waals surface area contributed by atoms with Crippen molar-refractivity contribution >= 4 is 46.8 Å². The van der Waals surface area contributed by atoms with Crippen molar-refractivity contribution in [3.8, 4) is 0 Å². The molecule has 1 saturated carbocycles. The Balaban J connectivity index is 1.44. The molecule has 0 unspecified atom stereocenters. The SMILES string of the molecule is C[C@@H]1CCCC[C@H]1NC(=O)CSc1nnc(CCNC(=O)c2ccc(Cl)c(Cl)c2)n1C. The van der Waals surface area contributed by atoms with E-state index in [1.807, 2.05) is 11.6 Å². The Morgan fingerprint density at radius 3 is 2.71 bits per heavy atom. The normalized spacial score (nSPS) is 18.6. The zero-order chi connectivity index (χ0) is 22.4. The second kappa shape index (κ2) is 11.2. The first-order valence-corrected chi connectivity index (χ1v) is 12.1. The number of carbonyl (C=O) groups is 2.